The van der Waals surface area contributed by atoms with Gasteiger partial charge in [0.1, 0.15) is 5.82 Å². The zero-order valence-electron chi connectivity index (χ0n) is 13.5. The Kier molecular flexibility index (Phi) is 6.74. The summed E-state index contributed by atoms with van der Waals surface area (Å²) >= 11 is 0. The van der Waals surface area contributed by atoms with Crippen LogP contribution in [-0.4, -0.2) is 37.1 Å². The first-order chi connectivity index (χ1) is 10.8. The second-order valence-electron chi connectivity index (χ2n) is 5.43. The topological polar surface area (TPSA) is 52.6 Å². The third kappa shape index (κ3) is 5.06. The fraction of sp³-hybridized carbons (Fsp3) is 0.529. The first kappa shape index (κ1) is 16.3. The number of rotatable bonds is 6. The molecule has 1 aliphatic heterocycles. The van der Waals surface area contributed by atoms with E-state index in [0.717, 1.165) is 31.4 Å². The lowest BCUT2D eigenvalue weighted by Gasteiger charge is -2.27. The van der Waals surface area contributed by atoms with Crippen LogP contribution in [0.15, 0.2) is 36.0 Å². The van der Waals surface area contributed by atoms with Crippen molar-refractivity contribution in [3.05, 3.63) is 36.5 Å². The lowest BCUT2D eigenvalue weighted by Crippen LogP contribution is -2.37. The standard InChI is InChI=1S/C17H27N5/c1-3-9-20-17(18-4-2)21-14-15-8-10-19-16(13-15)22-11-6-5-7-12-22/h3,8,10,13H,1,4-7,9,11-12,14H2,2H3,(H2,18,20,21). The van der Waals surface area contributed by atoms with E-state index < -0.39 is 0 Å². The van der Waals surface area contributed by atoms with Crippen molar-refractivity contribution in [2.45, 2.75) is 32.7 Å². The molecule has 1 aromatic rings. The third-order valence-electron chi connectivity index (χ3n) is 3.67. The molecular formula is C17H27N5. The predicted octanol–water partition coefficient (Wildman–Crippen LogP) is 2.31. The largest absolute Gasteiger partial charge is 0.357 e. The first-order valence-corrected chi connectivity index (χ1v) is 8.16. The van der Waals surface area contributed by atoms with Crippen molar-refractivity contribution in [2.75, 3.05) is 31.1 Å². The number of hydrogen-bond donors (Lipinski definition) is 2. The lowest BCUT2D eigenvalue weighted by molar-refractivity contribution is 0.573. The summed E-state index contributed by atoms with van der Waals surface area (Å²) in [6, 6.07) is 4.19. The molecule has 1 saturated heterocycles. The zero-order valence-corrected chi connectivity index (χ0v) is 13.5. The van der Waals surface area contributed by atoms with E-state index in [4.69, 9.17) is 0 Å². The Bertz CT molecular complexity index is 492. The molecule has 2 N–H and O–H groups in total. The molecule has 1 aromatic heterocycles. The molecule has 120 valence electrons. The molecule has 0 spiro atoms. The second-order valence-corrected chi connectivity index (χ2v) is 5.43. The van der Waals surface area contributed by atoms with E-state index in [1.807, 2.05) is 18.3 Å². The first-order valence-electron chi connectivity index (χ1n) is 8.16. The highest BCUT2D eigenvalue weighted by Crippen LogP contribution is 2.18. The number of pyridine rings is 1. The maximum atomic E-state index is 4.61. The Morgan fingerprint density at radius 1 is 1.36 bits per heavy atom. The molecule has 22 heavy (non-hydrogen) atoms. The summed E-state index contributed by atoms with van der Waals surface area (Å²) < 4.78 is 0. The molecule has 2 heterocycles. The van der Waals surface area contributed by atoms with Crippen molar-refractivity contribution < 1.29 is 0 Å². The van der Waals surface area contributed by atoms with Crippen LogP contribution in [0.5, 0.6) is 0 Å². The smallest absolute Gasteiger partial charge is 0.191 e. The number of nitrogens with one attached hydrogen (secondary N) is 2. The molecule has 5 nitrogen and oxygen atoms in total. The number of guanidine groups is 1. The zero-order chi connectivity index (χ0) is 15.6. The Morgan fingerprint density at radius 2 is 2.18 bits per heavy atom. The van der Waals surface area contributed by atoms with E-state index in [9.17, 15) is 0 Å². The fourth-order valence-corrected chi connectivity index (χ4v) is 2.54. The maximum Gasteiger partial charge on any atom is 0.191 e. The Morgan fingerprint density at radius 3 is 2.91 bits per heavy atom. The molecule has 0 bridgehead atoms. The highest BCUT2D eigenvalue weighted by atomic mass is 15.2. The van der Waals surface area contributed by atoms with Gasteiger partial charge >= 0.3 is 0 Å². The quantitative estimate of drug-likeness (QED) is 0.481. The summed E-state index contributed by atoms with van der Waals surface area (Å²) in [5.74, 6) is 1.90. The SMILES string of the molecule is C=CCNC(=NCc1ccnc(N2CCCCC2)c1)NCC. The molecule has 0 aliphatic carbocycles. The molecule has 0 atom stereocenters. The molecule has 5 heteroatoms. The minimum atomic E-state index is 0.649. The van der Waals surface area contributed by atoms with Gasteiger partial charge in [0.15, 0.2) is 5.96 Å². The number of piperidine rings is 1. The molecular weight excluding hydrogens is 274 g/mol. The van der Waals surface area contributed by atoms with Crippen molar-refractivity contribution >= 4 is 11.8 Å². The normalized spacial score (nSPS) is 15.5. The van der Waals surface area contributed by atoms with E-state index in [1.165, 1.54) is 24.8 Å². The molecule has 2 rings (SSSR count). The van der Waals surface area contributed by atoms with Crippen molar-refractivity contribution in [2.24, 2.45) is 4.99 Å². The molecule has 0 saturated carbocycles. The van der Waals surface area contributed by atoms with Crippen LogP contribution < -0.4 is 15.5 Å². The van der Waals surface area contributed by atoms with Crippen LogP contribution in [0, 0.1) is 0 Å². The van der Waals surface area contributed by atoms with E-state index in [-0.39, 0.29) is 0 Å². The summed E-state index contributed by atoms with van der Waals surface area (Å²) in [4.78, 5) is 11.5. The van der Waals surface area contributed by atoms with Crippen molar-refractivity contribution in [1.82, 2.24) is 15.6 Å². The summed E-state index contributed by atoms with van der Waals surface area (Å²) in [5.41, 5.74) is 1.19. The molecule has 0 amide bonds. The van der Waals surface area contributed by atoms with Gasteiger partial charge in [-0.1, -0.05) is 6.08 Å². The van der Waals surface area contributed by atoms with Gasteiger partial charge in [-0.15, -0.1) is 6.58 Å². The number of hydrogen-bond acceptors (Lipinski definition) is 3. The van der Waals surface area contributed by atoms with Gasteiger partial charge in [-0.05, 0) is 43.9 Å². The van der Waals surface area contributed by atoms with Crippen molar-refractivity contribution in [1.29, 1.82) is 0 Å². The molecule has 1 aliphatic rings. The van der Waals surface area contributed by atoms with Crippen LogP contribution in [0.1, 0.15) is 31.7 Å². The molecule has 0 unspecified atom stereocenters. The Labute approximate surface area is 133 Å². The maximum absolute atomic E-state index is 4.61. The highest BCUT2D eigenvalue weighted by molar-refractivity contribution is 5.79. The highest BCUT2D eigenvalue weighted by Gasteiger charge is 2.12. The summed E-state index contributed by atoms with van der Waals surface area (Å²) in [6.07, 6.45) is 7.58. The number of aliphatic imine (C=N–C) groups is 1. The fourth-order valence-electron chi connectivity index (χ4n) is 2.54. The van der Waals surface area contributed by atoms with Crippen LogP contribution in [0.4, 0.5) is 5.82 Å². The number of anilines is 1. The number of aromatic nitrogens is 1. The minimum Gasteiger partial charge on any atom is -0.357 e. The van der Waals surface area contributed by atoms with Gasteiger partial charge in [0.05, 0.1) is 6.54 Å². The third-order valence-corrected chi connectivity index (χ3v) is 3.67. The molecule has 1 fully saturated rings. The Hall–Kier alpha value is -2.04. The van der Waals surface area contributed by atoms with Gasteiger partial charge in [-0.2, -0.15) is 0 Å². The van der Waals surface area contributed by atoms with Crippen molar-refractivity contribution in [3.8, 4) is 0 Å². The average molecular weight is 301 g/mol. The predicted molar refractivity (Wildman–Crippen MR) is 93.3 cm³/mol. The number of nitrogens with zero attached hydrogens (tertiary/aromatic N) is 3. The monoisotopic (exact) mass is 301 g/mol. The summed E-state index contributed by atoms with van der Waals surface area (Å²) in [5, 5.41) is 6.44. The minimum absolute atomic E-state index is 0.649. The van der Waals surface area contributed by atoms with Crippen LogP contribution in [0.2, 0.25) is 0 Å². The van der Waals surface area contributed by atoms with Crippen LogP contribution in [0.25, 0.3) is 0 Å². The van der Waals surface area contributed by atoms with Gasteiger partial charge < -0.3 is 15.5 Å². The average Bonchev–Trinajstić information content (AvgIpc) is 2.58. The van der Waals surface area contributed by atoms with E-state index in [0.29, 0.717) is 13.1 Å². The van der Waals surface area contributed by atoms with Crippen LogP contribution >= 0.6 is 0 Å². The lowest BCUT2D eigenvalue weighted by atomic mass is 10.1. The summed E-state index contributed by atoms with van der Waals surface area (Å²) in [7, 11) is 0. The molecule has 0 radical (unpaired) electrons. The van der Waals surface area contributed by atoms with E-state index in [2.05, 4.69) is 45.1 Å². The Balaban J connectivity index is 2.00. The van der Waals surface area contributed by atoms with Crippen LogP contribution in [0.3, 0.4) is 0 Å². The van der Waals surface area contributed by atoms with Gasteiger partial charge in [0, 0.05) is 32.4 Å². The summed E-state index contributed by atoms with van der Waals surface area (Å²) in [6.45, 7) is 10.2. The van der Waals surface area contributed by atoms with Gasteiger partial charge in [-0.3, -0.25) is 0 Å². The van der Waals surface area contributed by atoms with Crippen LogP contribution in [-0.2, 0) is 6.54 Å². The van der Waals surface area contributed by atoms with E-state index in [1.54, 1.807) is 0 Å². The van der Waals surface area contributed by atoms with Gasteiger partial charge in [-0.25, -0.2) is 9.98 Å². The molecule has 0 aromatic carbocycles. The van der Waals surface area contributed by atoms with Gasteiger partial charge in [0.2, 0.25) is 0 Å². The van der Waals surface area contributed by atoms with Crippen molar-refractivity contribution in [3.63, 3.8) is 0 Å². The second kappa shape index (κ2) is 9.07. The van der Waals surface area contributed by atoms with E-state index >= 15 is 0 Å². The van der Waals surface area contributed by atoms with Gasteiger partial charge in [0.25, 0.3) is 0 Å².